The van der Waals surface area contributed by atoms with Gasteiger partial charge >= 0.3 is 5.97 Å². The molecule has 2 aliphatic carbocycles. The second kappa shape index (κ2) is 4.56. The van der Waals surface area contributed by atoms with E-state index in [0.29, 0.717) is 12.5 Å². The Morgan fingerprint density at radius 3 is 2.56 bits per heavy atom. The van der Waals surface area contributed by atoms with Crippen LogP contribution in [0.5, 0.6) is 0 Å². The lowest BCUT2D eigenvalue weighted by molar-refractivity contribution is -0.147. The fourth-order valence-electron chi connectivity index (χ4n) is 4.16. The van der Waals surface area contributed by atoms with Gasteiger partial charge in [0, 0.05) is 19.0 Å². The van der Waals surface area contributed by atoms with Crippen molar-refractivity contribution in [1.29, 1.82) is 0 Å². The lowest BCUT2D eigenvalue weighted by atomic mass is 9.86. The van der Waals surface area contributed by atoms with Crippen LogP contribution in [0.3, 0.4) is 0 Å². The molecule has 3 rings (SSSR count). The summed E-state index contributed by atoms with van der Waals surface area (Å²) in [4.78, 5) is 25.4. The van der Waals surface area contributed by atoms with Gasteiger partial charge in [-0.15, -0.1) is 0 Å². The van der Waals surface area contributed by atoms with E-state index in [1.165, 1.54) is 19.3 Å². The molecular formula is C14H21NO3. The number of aliphatic carboxylic acids is 1. The predicted molar refractivity (Wildman–Crippen MR) is 65.9 cm³/mol. The standard InChI is InChI=1S/C14H21NO3/c16-13(12-7-9-3-4-10(12)6-9)15-5-1-2-11(8-15)14(17)18/h9-12H,1-8H2,(H,17,18). The Bertz CT molecular complexity index is 368. The number of likely N-dealkylation sites (tertiary alicyclic amines) is 1. The first-order valence-corrected chi connectivity index (χ1v) is 7.16. The summed E-state index contributed by atoms with van der Waals surface area (Å²) in [6.45, 7) is 1.19. The van der Waals surface area contributed by atoms with Crippen molar-refractivity contribution in [2.45, 2.75) is 38.5 Å². The van der Waals surface area contributed by atoms with Crippen LogP contribution >= 0.6 is 0 Å². The van der Waals surface area contributed by atoms with Crippen LogP contribution in [0.4, 0.5) is 0 Å². The van der Waals surface area contributed by atoms with Gasteiger partial charge in [-0.05, 0) is 43.9 Å². The monoisotopic (exact) mass is 251 g/mol. The number of piperidine rings is 1. The van der Waals surface area contributed by atoms with E-state index in [0.717, 1.165) is 31.7 Å². The minimum Gasteiger partial charge on any atom is -0.481 e. The quantitative estimate of drug-likeness (QED) is 0.813. The minimum absolute atomic E-state index is 0.205. The summed E-state index contributed by atoms with van der Waals surface area (Å²) in [5.74, 6) is 0.711. The summed E-state index contributed by atoms with van der Waals surface area (Å²) in [6, 6.07) is 0. The van der Waals surface area contributed by atoms with E-state index in [2.05, 4.69) is 0 Å². The third-order valence-electron chi connectivity index (χ3n) is 5.14. The molecule has 3 fully saturated rings. The average Bonchev–Trinajstić information content (AvgIpc) is 3.00. The minimum atomic E-state index is -0.750. The number of amides is 1. The van der Waals surface area contributed by atoms with E-state index in [9.17, 15) is 9.59 Å². The van der Waals surface area contributed by atoms with Gasteiger partial charge in [0.05, 0.1) is 5.92 Å². The third-order valence-corrected chi connectivity index (χ3v) is 5.14. The lowest BCUT2D eigenvalue weighted by Crippen LogP contribution is -2.45. The number of hydrogen-bond donors (Lipinski definition) is 1. The van der Waals surface area contributed by atoms with Gasteiger partial charge in [-0.25, -0.2) is 0 Å². The third kappa shape index (κ3) is 2.02. The smallest absolute Gasteiger partial charge is 0.308 e. The Kier molecular flexibility index (Phi) is 3.04. The molecule has 4 unspecified atom stereocenters. The SMILES string of the molecule is O=C(O)C1CCCN(C(=O)C2CC3CCC2C3)C1. The molecule has 100 valence electrons. The molecule has 4 heteroatoms. The van der Waals surface area contributed by atoms with Crippen LogP contribution in [-0.2, 0) is 9.59 Å². The molecule has 2 saturated carbocycles. The van der Waals surface area contributed by atoms with E-state index < -0.39 is 5.97 Å². The molecule has 4 nitrogen and oxygen atoms in total. The first-order valence-electron chi connectivity index (χ1n) is 7.16. The lowest BCUT2D eigenvalue weighted by Gasteiger charge is -2.34. The molecule has 0 aromatic rings. The fraction of sp³-hybridized carbons (Fsp3) is 0.857. The van der Waals surface area contributed by atoms with Crippen molar-refractivity contribution in [1.82, 2.24) is 4.90 Å². The highest BCUT2D eigenvalue weighted by molar-refractivity contribution is 5.81. The Labute approximate surface area is 107 Å². The highest BCUT2D eigenvalue weighted by atomic mass is 16.4. The van der Waals surface area contributed by atoms with Crippen molar-refractivity contribution in [3.8, 4) is 0 Å². The number of carbonyl (C=O) groups is 2. The molecule has 1 amide bonds. The molecule has 2 bridgehead atoms. The molecular weight excluding hydrogens is 230 g/mol. The first-order chi connectivity index (χ1) is 8.65. The normalized spacial score (nSPS) is 39.0. The van der Waals surface area contributed by atoms with Gasteiger partial charge < -0.3 is 10.0 Å². The number of carboxylic acids is 1. The highest BCUT2D eigenvalue weighted by Gasteiger charge is 2.45. The molecule has 3 aliphatic rings. The summed E-state index contributed by atoms with van der Waals surface area (Å²) in [6.07, 6.45) is 6.34. The van der Waals surface area contributed by atoms with Gasteiger partial charge in [-0.1, -0.05) is 6.42 Å². The van der Waals surface area contributed by atoms with Gasteiger partial charge in [0.25, 0.3) is 0 Å². The van der Waals surface area contributed by atoms with Crippen molar-refractivity contribution < 1.29 is 14.7 Å². The molecule has 1 aliphatic heterocycles. The molecule has 0 aromatic heterocycles. The van der Waals surface area contributed by atoms with Crippen molar-refractivity contribution in [2.24, 2.45) is 23.7 Å². The number of nitrogens with zero attached hydrogens (tertiary/aromatic N) is 1. The maximum atomic E-state index is 12.5. The highest BCUT2D eigenvalue weighted by Crippen LogP contribution is 2.49. The van der Waals surface area contributed by atoms with Gasteiger partial charge in [0.2, 0.25) is 5.91 Å². The zero-order valence-corrected chi connectivity index (χ0v) is 10.7. The second-order valence-corrected chi connectivity index (χ2v) is 6.24. The van der Waals surface area contributed by atoms with Gasteiger partial charge in [0.15, 0.2) is 0 Å². The average molecular weight is 251 g/mol. The van der Waals surface area contributed by atoms with Gasteiger partial charge in [-0.3, -0.25) is 9.59 Å². The molecule has 0 aromatic carbocycles. The largest absolute Gasteiger partial charge is 0.481 e. The van der Waals surface area contributed by atoms with Crippen LogP contribution in [-0.4, -0.2) is 35.0 Å². The summed E-state index contributed by atoms with van der Waals surface area (Å²) in [5.41, 5.74) is 0. The Morgan fingerprint density at radius 1 is 1.11 bits per heavy atom. The summed E-state index contributed by atoms with van der Waals surface area (Å²) in [7, 11) is 0. The molecule has 1 N–H and O–H groups in total. The second-order valence-electron chi connectivity index (χ2n) is 6.24. The maximum Gasteiger partial charge on any atom is 0.308 e. The van der Waals surface area contributed by atoms with Crippen LogP contribution in [0.25, 0.3) is 0 Å². The van der Waals surface area contributed by atoms with E-state index in [4.69, 9.17) is 5.11 Å². The number of carbonyl (C=O) groups excluding carboxylic acids is 1. The van der Waals surface area contributed by atoms with Crippen LogP contribution in [0, 0.1) is 23.7 Å². The van der Waals surface area contributed by atoms with Crippen LogP contribution < -0.4 is 0 Å². The molecule has 1 saturated heterocycles. The summed E-state index contributed by atoms with van der Waals surface area (Å²) in [5, 5.41) is 9.07. The summed E-state index contributed by atoms with van der Waals surface area (Å²) < 4.78 is 0. The maximum absolute atomic E-state index is 12.5. The topological polar surface area (TPSA) is 57.6 Å². The van der Waals surface area contributed by atoms with E-state index in [-0.39, 0.29) is 17.7 Å². The Hall–Kier alpha value is -1.06. The Morgan fingerprint density at radius 2 is 1.94 bits per heavy atom. The van der Waals surface area contributed by atoms with Crippen LogP contribution in [0.15, 0.2) is 0 Å². The molecule has 0 spiro atoms. The molecule has 4 atom stereocenters. The summed E-state index contributed by atoms with van der Waals surface area (Å²) >= 11 is 0. The first kappa shape index (κ1) is 12.0. The van der Waals surface area contributed by atoms with Crippen LogP contribution in [0.2, 0.25) is 0 Å². The number of hydrogen-bond acceptors (Lipinski definition) is 2. The molecule has 1 heterocycles. The van der Waals surface area contributed by atoms with E-state index in [1.807, 2.05) is 4.90 Å². The zero-order valence-electron chi connectivity index (χ0n) is 10.7. The molecule has 0 radical (unpaired) electrons. The van der Waals surface area contributed by atoms with Crippen molar-refractivity contribution in [3.63, 3.8) is 0 Å². The Balaban J connectivity index is 1.64. The van der Waals surface area contributed by atoms with Crippen molar-refractivity contribution in [3.05, 3.63) is 0 Å². The number of rotatable bonds is 2. The van der Waals surface area contributed by atoms with Crippen LogP contribution in [0.1, 0.15) is 38.5 Å². The number of carboxylic acid groups (broad SMARTS) is 1. The predicted octanol–water partition coefficient (Wildman–Crippen LogP) is 1.75. The van der Waals surface area contributed by atoms with Crippen molar-refractivity contribution >= 4 is 11.9 Å². The van der Waals surface area contributed by atoms with Crippen molar-refractivity contribution in [2.75, 3.05) is 13.1 Å². The van der Waals surface area contributed by atoms with Gasteiger partial charge in [0.1, 0.15) is 0 Å². The van der Waals surface area contributed by atoms with E-state index >= 15 is 0 Å². The number of fused-ring (bicyclic) bond motifs is 2. The fourth-order valence-corrected chi connectivity index (χ4v) is 4.16. The zero-order chi connectivity index (χ0) is 12.7. The van der Waals surface area contributed by atoms with Gasteiger partial charge in [-0.2, -0.15) is 0 Å². The molecule has 18 heavy (non-hydrogen) atoms. The van der Waals surface area contributed by atoms with E-state index in [1.54, 1.807) is 0 Å².